The van der Waals surface area contributed by atoms with Crippen LogP contribution in [0, 0.1) is 0 Å². The van der Waals surface area contributed by atoms with Crippen molar-refractivity contribution >= 4 is 32.6 Å². The number of hydrogen-bond acceptors (Lipinski definition) is 4. The second-order valence-electron chi connectivity index (χ2n) is 13.5. The molecule has 0 radical (unpaired) electrons. The first-order valence-corrected chi connectivity index (χ1v) is 18.1. The molecule has 0 amide bonds. The van der Waals surface area contributed by atoms with Crippen LogP contribution < -0.4 is 0 Å². The summed E-state index contributed by atoms with van der Waals surface area (Å²) in [5.74, 6) is 0.682. The van der Waals surface area contributed by atoms with Gasteiger partial charge in [-0.25, -0.2) is 19.9 Å². The molecule has 3 aromatic heterocycles. The molecule has 0 aliphatic carbocycles. The van der Waals surface area contributed by atoms with Gasteiger partial charge in [0.05, 0.1) is 33.8 Å². The van der Waals surface area contributed by atoms with E-state index in [0.717, 1.165) is 72.4 Å². The molecule has 3 heterocycles. The van der Waals surface area contributed by atoms with E-state index in [-0.39, 0.29) is 0 Å². The van der Waals surface area contributed by atoms with Gasteiger partial charge in [-0.15, -0.1) is 0 Å². The highest BCUT2D eigenvalue weighted by Gasteiger charge is 2.13. The maximum Gasteiger partial charge on any atom is 0.160 e. The van der Waals surface area contributed by atoms with Crippen molar-refractivity contribution in [3.05, 3.63) is 194 Å². The fourth-order valence-electron chi connectivity index (χ4n) is 7.27. The summed E-state index contributed by atoms with van der Waals surface area (Å²) in [6, 6.07) is 67.4. The molecule has 0 unspecified atom stereocenters. The fraction of sp³-hybridized carbons (Fsp3) is 0. The van der Waals surface area contributed by atoms with Crippen LogP contribution in [0.3, 0.4) is 0 Å². The number of nitrogens with zero attached hydrogens (tertiary/aromatic N) is 4. The minimum atomic E-state index is 0.682. The molecule has 0 aliphatic heterocycles. The van der Waals surface area contributed by atoms with E-state index in [1.54, 1.807) is 0 Å². The van der Waals surface area contributed by atoms with Crippen LogP contribution in [0.25, 0.3) is 100 Å². The van der Waals surface area contributed by atoms with Gasteiger partial charge in [-0.1, -0.05) is 176 Å². The summed E-state index contributed by atoms with van der Waals surface area (Å²) in [7, 11) is 0. The van der Waals surface area contributed by atoms with Gasteiger partial charge in [0.25, 0.3) is 0 Å². The minimum absolute atomic E-state index is 0.682. The Labute approximate surface area is 313 Å². The van der Waals surface area contributed by atoms with Gasteiger partial charge in [-0.05, 0) is 40.1 Å². The normalized spacial score (nSPS) is 11.3. The molecule has 0 saturated carbocycles. The lowest BCUT2D eigenvalue weighted by Gasteiger charge is -2.11. The van der Waals surface area contributed by atoms with Crippen molar-refractivity contribution in [3.8, 4) is 67.5 Å². The zero-order chi connectivity index (χ0) is 35.8. The van der Waals surface area contributed by atoms with Crippen molar-refractivity contribution in [1.82, 2.24) is 19.9 Å². The molecule has 0 spiro atoms. The first-order valence-electron chi connectivity index (χ1n) is 18.1. The van der Waals surface area contributed by atoms with Crippen molar-refractivity contribution < 1.29 is 0 Å². The predicted molar refractivity (Wildman–Crippen MR) is 223 cm³/mol. The standard InChI is InChI=1S/C50H32N4/c1-3-11-35(12-4-1)46-32-47(36-13-5-2-6-14-36)54-50(53-46)41-26-22-38(23-27-41)45-31-29-40-25-24-39-28-30-44(51-48(39)49(40)52-45)37-20-18-34(19-21-37)43-17-9-15-33-10-7-8-16-42(33)43/h1-32H. The number of aromatic nitrogens is 4. The molecular formula is C50H32N4. The second-order valence-corrected chi connectivity index (χ2v) is 13.5. The average Bonchev–Trinajstić information content (AvgIpc) is 3.26. The highest BCUT2D eigenvalue weighted by atomic mass is 14.9. The lowest BCUT2D eigenvalue weighted by atomic mass is 9.97. The Bertz CT molecular complexity index is 2890. The lowest BCUT2D eigenvalue weighted by Crippen LogP contribution is -1.96. The Kier molecular flexibility index (Phi) is 7.77. The van der Waals surface area contributed by atoms with Gasteiger partial charge in [-0.2, -0.15) is 0 Å². The fourth-order valence-corrected chi connectivity index (χ4v) is 7.27. The third-order valence-corrected chi connectivity index (χ3v) is 10.1. The topological polar surface area (TPSA) is 51.6 Å². The Balaban J connectivity index is 0.992. The molecule has 0 bridgehead atoms. The smallest absolute Gasteiger partial charge is 0.160 e. The van der Waals surface area contributed by atoms with Crippen molar-refractivity contribution in [2.45, 2.75) is 0 Å². The minimum Gasteiger partial charge on any atom is -0.245 e. The summed E-state index contributed by atoms with van der Waals surface area (Å²) in [5.41, 5.74) is 12.9. The third kappa shape index (κ3) is 5.86. The molecule has 54 heavy (non-hydrogen) atoms. The van der Waals surface area contributed by atoms with Crippen LogP contribution in [0.15, 0.2) is 194 Å². The van der Waals surface area contributed by atoms with Gasteiger partial charge in [0.1, 0.15) is 0 Å². The highest BCUT2D eigenvalue weighted by Crippen LogP contribution is 2.33. The number of rotatable bonds is 6. The molecule has 0 atom stereocenters. The van der Waals surface area contributed by atoms with Crippen molar-refractivity contribution in [2.24, 2.45) is 0 Å². The molecule has 7 aromatic carbocycles. The van der Waals surface area contributed by atoms with Gasteiger partial charge in [0, 0.05) is 38.6 Å². The summed E-state index contributed by atoms with van der Waals surface area (Å²) in [4.78, 5) is 20.4. The number of fused-ring (bicyclic) bond motifs is 4. The van der Waals surface area contributed by atoms with Crippen LogP contribution in [0.4, 0.5) is 0 Å². The summed E-state index contributed by atoms with van der Waals surface area (Å²) in [6.07, 6.45) is 0. The summed E-state index contributed by atoms with van der Waals surface area (Å²) in [5, 5.41) is 4.61. The predicted octanol–water partition coefficient (Wildman–Crippen LogP) is 12.7. The maximum atomic E-state index is 5.21. The molecular weight excluding hydrogens is 657 g/mol. The van der Waals surface area contributed by atoms with Gasteiger partial charge < -0.3 is 0 Å². The first-order chi connectivity index (χ1) is 26.7. The summed E-state index contributed by atoms with van der Waals surface area (Å²) in [6.45, 7) is 0. The lowest BCUT2D eigenvalue weighted by molar-refractivity contribution is 1.18. The van der Waals surface area contributed by atoms with E-state index in [4.69, 9.17) is 19.9 Å². The molecule has 4 nitrogen and oxygen atoms in total. The zero-order valence-corrected chi connectivity index (χ0v) is 29.3. The van der Waals surface area contributed by atoms with Gasteiger partial charge in [0.15, 0.2) is 5.82 Å². The third-order valence-electron chi connectivity index (χ3n) is 10.1. The number of benzene rings is 7. The van der Waals surface area contributed by atoms with Gasteiger partial charge in [-0.3, -0.25) is 0 Å². The van der Waals surface area contributed by atoms with Crippen LogP contribution in [-0.4, -0.2) is 19.9 Å². The van der Waals surface area contributed by atoms with Crippen LogP contribution in [0.5, 0.6) is 0 Å². The largest absolute Gasteiger partial charge is 0.245 e. The van der Waals surface area contributed by atoms with E-state index in [1.165, 1.54) is 21.9 Å². The molecule has 0 aliphatic rings. The van der Waals surface area contributed by atoms with Crippen molar-refractivity contribution in [2.75, 3.05) is 0 Å². The molecule has 0 saturated heterocycles. The SMILES string of the molecule is c1ccc(-c2cc(-c3ccccc3)nc(-c3ccc(-c4ccc5ccc6ccc(-c7ccc(-c8cccc9ccccc89)cc7)nc6c5n4)cc3)n2)cc1. The van der Waals surface area contributed by atoms with E-state index in [2.05, 4.69) is 158 Å². The van der Waals surface area contributed by atoms with Gasteiger partial charge >= 0.3 is 0 Å². The summed E-state index contributed by atoms with van der Waals surface area (Å²) >= 11 is 0. The van der Waals surface area contributed by atoms with Crippen molar-refractivity contribution in [1.29, 1.82) is 0 Å². The molecule has 0 N–H and O–H groups in total. The summed E-state index contributed by atoms with van der Waals surface area (Å²) < 4.78 is 0. The molecule has 4 heteroatoms. The Morgan fingerprint density at radius 3 is 1.28 bits per heavy atom. The number of pyridine rings is 2. The first kappa shape index (κ1) is 31.4. The Morgan fingerprint density at radius 1 is 0.259 bits per heavy atom. The number of hydrogen-bond donors (Lipinski definition) is 0. The molecule has 252 valence electrons. The Morgan fingerprint density at radius 2 is 0.704 bits per heavy atom. The van der Waals surface area contributed by atoms with E-state index in [1.807, 2.05) is 36.4 Å². The average molecular weight is 689 g/mol. The van der Waals surface area contributed by atoms with Crippen LogP contribution in [0.2, 0.25) is 0 Å². The van der Waals surface area contributed by atoms with Crippen LogP contribution >= 0.6 is 0 Å². The van der Waals surface area contributed by atoms with Crippen LogP contribution in [0.1, 0.15) is 0 Å². The highest BCUT2D eigenvalue weighted by molar-refractivity contribution is 6.04. The van der Waals surface area contributed by atoms with E-state index >= 15 is 0 Å². The molecule has 10 aromatic rings. The van der Waals surface area contributed by atoms with E-state index in [0.29, 0.717) is 5.82 Å². The van der Waals surface area contributed by atoms with E-state index < -0.39 is 0 Å². The van der Waals surface area contributed by atoms with Gasteiger partial charge in [0.2, 0.25) is 0 Å². The monoisotopic (exact) mass is 688 g/mol. The quantitative estimate of drug-likeness (QED) is 0.163. The van der Waals surface area contributed by atoms with E-state index in [9.17, 15) is 0 Å². The molecule has 0 fully saturated rings. The second kappa shape index (κ2) is 13.4. The maximum absolute atomic E-state index is 5.21. The Hall–Kier alpha value is -7.30. The van der Waals surface area contributed by atoms with Crippen LogP contribution in [-0.2, 0) is 0 Å². The van der Waals surface area contributed by atoms with Crippen molar-refractivity contribution in [3.63, 3.8) is 0 Å². The zero-order valence-electron chi connectivity index (χ0n) is 29.3. The molecule has 10 rings (SSSR count).